The molecule has 1 unspecified atom stereocenters. The lowest BCUT2D eigenvalue weighted by Crippen LogP contribution is -2.23. The molecule has 27 heavy (non-hydrogen) atoms. The van der Waals surface area contributed by atoms with Crippen molar-refractivity contribution in [2.45, 2.75) is 24.3 Å². The lowest BCUT2D eigenvalue weighted by molar-refractivity contribution is -0.115. The van der Waals surface area contributed by atoms with Crippen LogP contribution in [0.4, 0.5) is 5.69 Å². The lowest BCUT2D eigenvalue weighted by Gasteiger charge is -2.12. The zero-order valence-corrected chi connectivity index (χ0v) is 16.0. The van der Waals surface area contributed by atoms with Crippen LogP contribution in [0.15, 0.2) is 53.9 Å². The van der Waals surface area contributed by atoms with Gasteiger partial charge in [-0.2, -0.15) is 0 Å². The summed E-state index contributed by atoms with van der Waals surface area (Å²) in [5.74, 6) is 0.467. The van der Waals surface area contributed by atoms with Crippen LogP contribution in [0.5, 0.6) is 0 Å². The Hall–Kier alpha value is -3.00. The van der Waals surface area contributed by atoms with Gasteiger partial charge in [-0.25, -0.2) is 0 Å². The number of hydrogen-bond acceptors (Lipinski definition) is 6. The first kappa shape index (κ1) is 18.8. The van der Waals surface area contributed by atoms with Crippen molar-refractivity contribution in [1.82, 2.24) is 19.7 Å². The lowest BCUT2D eigenvalue weighted by atomic mass is 10.1. The molecule has 3 aromatic rings. The van der Waals surface area contributed by atoms with E-state index >= 15 is 0 Å². The van der Waals surface area contributed by atoms with Crippen molar-refractivity contribution >= 4 is 29.1 Å². The van der Waals surface area contributed by atoms with Gasteiger partial charge in [0.2, 0.25) is 5.91 Å². The highest BCUT2D eigenvalue weighted by Gasteiger charge is 2.19. The summed E-state index contributed by atoms with van der Waals surface area (Å²) in [6.07, 6.45) is 3.42. The molecule has 0 bridgehead atoms. The Kier molecular flexibility index (Phi) is 5.66. The maximum absolute atomic E-state index is 12.5. The molecule has 8 heteroatoms. The third-order valence-electron chi connectivity index (χ3n) is 3.94. The number of aromatic nitrogens is 4. The minimum absolute atomic E-state index is 0.0458. The van der Waals surface area contributed by atoms with Gasteiger partial charge in [-0.3, -0.25) is 14.6 Å². The number of benzene rings is 1. The number of carbonyl (C=O) groups excluding carboxylic acids is 2. The maximum Gasteiger partial charge on any atom is 0.237 e. The quantitative estimate of drug-likeness (QED) is 0.521. The standard InChI is InChI=1S/C19H19N5O2S/c1-12(25)14-6-4-8-16(10-14)21-18(26)13(2)27-19-23-22-17(24(19)3)15-7-5-9-20-11-15/h4-11,13H,1-3H3,(H,21,26). The van der Waals surface area contributed by atoms with E-state index in [-0.39, 0.29) is 11.7 Å². The highest BCUT2D eigenvalue weighted by Crippen LogP contribution is 2.26. The Morgan fingerprint density at radius 2 is 2.00 bits per heavy atom. The van der Waals surface area contributed by atoms with Gasteiger partial charge in [0.15, 0.2) is 16.8 Å². The van der Waals surface area contributed by atoms with E-state index in [9.17, 15) is 9.59 Å². The summed E-state index contributed by atoms with van der Waals surface area (Å²) in [6.45, 7) is 3.29. The second-order valence-electron chi connectivity index (χ2n) is 5.99. The highest BCUT2D eigenvalue weighted by atomic mass is 32.2. The number of ketones is 1. The minimum Gasteiger partial charge on any atom is -0.325 e. The molecule has 7 nitrogen and oxygen atoms in total. The van der Waals surface area contributed by atoms with Crippen LogP contribution in [-0.4, -0.2) is 36.7 Å². The molecular formula is C19H19N5O2S. The number of Topliss-reactive ketones (excluding diaryl/α,β-unsaturated/α-hetero) is 1. The van der Waals surface area contributed by atoms with Gasteiger partial charge < -0.3 is 9.88 Å². The van der Waals surface area contributed by atoms with Crippen LogP contribution in [0.25, 0.3) is 11.4 Å². The normalized spacial score (nSPS) is 11.8. The first-order chi connectivity index (χ1) is 13.0. The van der Waals surface area contributed by atoms with Crippen LogP contribution in [0, 0.1) is 0 Å². The van der Waals surface area contributed by atoms with Gasteiger partial charge >= 0.3 is 0 Å². The number of rotatable bonds is 6. The van der Waals surface area contributed by atoms with Gasteiger partial charge in [0.1, 0.15) is 0 Å². The zero-order valence-electron chi connectivity index (χ0n) is 15.2. The highest BCUT2D eigenvalue weighted by molar-refractivity contribution is 8.00. The first-order valence-corrected chi connectivity index (χ1v) is 9.22. The number of anilines is 1. The van der Waals surface area contributed by atoms with E-state index in [0.717, 1.165) is 5.56 Å². The summed E-state index contributed by atoms with van der Waals surface area (Å²) in [4.78, 5) is 28.1. The van der Waals surface area contributed by atoms with Gasteiger partial charge in [0, 0.05) is 36.3 Å². The fraction of sp³-hybridized carbons (Fsp3) is 0.211. The number of nitrogens with one attached hydrogen (secondary N) is 1. The van der Waals surface area contributed by atoms with Crippen molar-refractivity contribution in [3.8, 4) is 11.4 Å². The van der Waals surface area contributed by atoms with Gasteiger partial charge in [-0.15, -0.1) is 10.2 Å². The van der Waals surface area contributed by atoms with E-state index in [1.54, 1.807) is 43.6 Å². The molecule has 0 spiro atoms. The number of carbonyl (C=O) groups is 2. The van der Waals surface area contributed by atoms with Crippen molar-refractivity contribution in [2.24, 2.45) is 7.05 Å². The van der Waals surface area contributed by atoms with Crippen molar-refractivity contribution in [1.29, 1.82) is 0 Å². The molecule has 1 aromatic carbocycles. The topological polar surface area (TPSA) is 89.8 Å². The van der Waals surface area contributed by atoms with E-state index in [1.807, 2.05) is 23.7 Å². The monoisotopic (exact) mass is 381 g/mol. The molecule has 138 valence electrons. The number of nitrogens with zero attached hydrogens (tertiary/aromatic N) is 4. The predicted octanol–water partition coefficient (Wildman–Crippen LogP) is 3.20. The van der Waals surface area contributed by atoms with Crippen LogP contribution in [0.1, 0.15) is 24.2 Å². The molecule has 1 amide bonds. The molecule has 0 aliphatic rings. The van der Waals surface area contributed by atoms with Crippen molar-refractivity contribution in [3.05, 3.63) is 54.4 Å². The maximum atomic E-state index is 12.5. The Labute approximate surface area is 161 Å². The van der Waals surface area contributed by atoms with Crippen LogP contribution in [-0.2, 0) is 11.8 Å². The van der Waals surface area contributed by atoms with Gasteiger partial charge in [-0.1, -0.05) is 23.9 Å². The molecule has 0 saturated heterocycles. The summed E-state index contributed by atoms with van der Waals surface area (Å²) >= 11 is 1.31. The summed E-state index contributed by atoms with van der Waals surface area (Å²) < 4.78 is 1.84. The predicted molar refractivity (Wildman–Crippen MR) is 105 cm³/mol. The molecule has 1 N–H and O–H groups in total. The van der Waals surface area contributed by atoms with Crippen molar-refractivity contribution in [2.75, 3.05) is 5.32 Å². The van der Waals surface area contributed by atoms with Gasteiger partial charge in [0.05, 0.1) is 5.25 Å². The first-order valence-electron chi connectivity index (χ1n) is 8.34. The molecule has 2 heterocycles. The molecule has 0 saturated carbocycles. The summed E-state index contributed by atoms with van der Waals surface area (Å²) in [7, 11) is 1.85. The number of pyridine rings is 1. The average molecular weight is 381 g/mol. The van der Waals surface area contributed by atoms with Gasteiger partial charge in [0.25, 0.3) is 0 Å². The number of thioether (sulfide) groups is 1. The summed E-state index contributed by atoms with van der Waals surface area (Å²) in [6, 6.07) is 10.6. The Morgan fingerprint density at radius 3 is 2.70 bits per heavy atom. The molecule has 0 fully saturated rings. The van der Waals surface area contributed by atoms with E-state index in [2.05, 4.69) is 20.5 Å². The molecule has 0 aliphatic carbocycles. The Balaban J connectivity index is 1.69. The fourth-order valence-electron chi connectivity index (χ4n) is 2.44. The molecule has 2 aromatic heterocycles. The smallest absolute Gasteiger partial charge is 0.237 e. The average Bonchev–Trinajstić information content (AvgIpc) is 3.03. The zero-order chi connectivity index (χ0) is 19.4. The largest absolute Gasteiger partial charge is 0.325 e. The summed E-state index contributed by atoms with van der Waals surface area (Å²) in [5.41, 5.74) is 2.01. The van der Waals surface area contributed by atoms with E-state index in [0.29, 0.717) is 22.2 Å². The van der Waals surface area contributed by atoms with E-state index in [4.69, 9.17) is 0 Å². The van der Waals surface area contributed by atoms with E-state index in [1.165, 1.54) is 18.7 Å². The van der Waals surface area contributed by atoms with Crippen molar-refractivity contribution < 1.29 is 9.59 Å². The SMILES string of the molecule is CC(=O)c1cccc(NC(=O)C(C)Sc2nnc(-c3cccnc3)n2C)c1. The van der Waals surface area contributed by atoms with Crippen LogP contribution in [0.3, 0.4) is 0 Å². The van der Waals surface area contributed by atoms with Gasteiger partial charge in [-0.05, 0) is 38.1 Å². The van der Waals surface area contributed by atoms with E-state index < -0.39 is 5.25 Å². The number of amides is 1. The van der Waals surface area contributed by atoms with Crippen molar-refractivity contribution in [3.63, 3.8) is 0 Å². The molecule has 0 radical (unpaired) electrons. The second kappa shape index (κ2) is 8.13. The molecule has 1 atom stereocenters. The Bertz CT molecular complexity index is 971. The van der Waals surface area contributed by atoms with Crippen LogP contribution in [0.2, 0.25) is 0 Å². The van der Waals surface area contributed by atoms with Crippen LogP contribution < -0.4 is 5.32 Å². The Morgan fingerprint density at radius 1 is 1.19 bits per heavy atom. The minimum atomic E-state index is -0.393. The number of hydrogen-bond donors (Lipinski definition) is 1. The third kappa shape index (κ3) is 4.40. The molecule has 3 rings (SSSR count). The fourth-order valence-corrected chi connectivity index (χ4v) is 3.25. The molecule has 0 aliphatic heterocycles. The van der Waals surface area contributed by atoms with Crippen LogP contribution >= 0.6 is 11.8 Å². The third-order valence-corrected chi connectivity index (χ3v) is 5.08. The molecular weight excluding hydrogens is 362 g/mol. The second-order valence-corrected chi connectivity index (χ2v) is 7.30. The summed E-state index contributed by atoms with van der Waals surface area (Å²) in [5, 5.41) is 11.5.